The van der Waals surface area contributed by atoms with E-state index in [-0.39, 0.29) is 12.1 Å². The number of nitrogens with one attached hydrogen (secondary N) is 1. The van der Waals surface area contributed by atoms with E-state index in [0.717, 1.165) is 6.07 Å². The lowest BCUT2D eigenvalue weighted by Crippen LogP contribution is -2.35. The Kier molecular flexibility index (Phi) is 3.00. The molecule has 1 aromatic rings. The zero-order chi connectivity index (χ0) is 13.5. The molecule has 2 rings (SSSR count). The average Bonchev–Trinajstić information content (AvgIpc) is 2.58. The number of anilines is 1. The van der Waals surface area contributed by atoms with E-state index in [4.69, 9.17) is 4.74 Å². The fraction of sp³-hybridized carbons (Fsp3) is 0.462. The molecule has 0 aromatic heterocycles. The molecule has 3 nitrogen and oxygen atoms in total. The number of ether oxygens (including phenoxy) is 1. The number of hydrogen-bond acceptors (Lipinski definition) is 3. The van der Waals surface area contributed by atoms with Crippen LogP contribution < -0.4 is 5.32 Å². The van der Waals surface area contributed by atoms with Gasteiger partial charge in [0.05, 0.1) is 5.69 Å². The molecule has 1 heterocycles. The van der Waals surface area contributed by atoms with E-state index < -0.39 is 29.2 Å². The Labute approximate surface area is 104 Å². The van der Waals surface area contributed by atoms with E-state index in [9.17, 15) is 13.6 Å². The summed E-state index contributed by atoms with van der Waals surface area (Å²) in [6.07, 6.45) is 0.235. The molecule has 18 heavy (non-hydrogen) atoms. The van der Waals surface area contributed by atoms with Crippen molar-refractivity contribution in [3.05, 3.63) is 29.3 Å². The van der Waals surface area contributed by atoms with Gasteiger partial charge < -0.3 is 10.1 Å². The molecule has 5 heteroatoms. The lowest BCUT2D eigenvalue weighted by atomic mass is 10.1. The van der Waals surface area contributed by atoms with Crippen LogP contribution in [0.4, 0.5) is 14.5 Å². The van der Waals surface area contributed by atoms with E-state index in [2.05, 4.69) is 5.32 Å². The molecule has 0 spiro atoms. The van der Waals surface area contributed by atoms with E-state index in [1.807, 2.05) is 0 Å². The minimum Gasteiger partial charge on any atom is -0.458 e. The van der Waals surface area contributed by atoms with Gasteiger partial charge in [0, 0.05) is 12.5 Å². The average molecular weight is 255 g/mol. The Morgan fingerprint density at radius 3 is 2.67 bits per heavy atom. The van der Waals surface area contributed by atoms with Crippen LogP contribution >= 0.6 is 0 Å². The molecule has 1 aliphatic rings. The maximum atomic E-state index is 13.5. The van der Waals surface area contributed by atoms with Crippen molar-refractivity contribution in [1.29, 1.82) is 0 Å². The van der Waals surface area contributed by atoms with Gasteiger partial charge in [0.1, 0.15) is 23.3 Å². The van der Waals surface area contributed by atoms with Crippen molar-refractivity contribution >= 4 is 11.7 Å². The van der Waals surface area contributed by atoms with Gasteiger partial charge in [0.25, 0.3) is 0 Å². The molecule has 1 unspecified atom stereocenters. The molecule has 1 aliphatic heterocycles. The third-order valence-corrected chi connectivity index (χ3v) is 2.57. The zero-order valence-corrected chi connectivity index (χ0v) is 10.5. The fourth-order valence-corrected chi connectivity index (χ4v) is 1.91. The maximum absolute atomic E-state index is 13.5. The predicted molar refractivity (Wildman–Crippen MR) is 63.3 cm³/mol. The number of halogens is 2. The van der Waals surface area contributed by atoms with E-state index >= 15 is 0 Å². The van der Waals surface area contributed by atoms with Gasteiger partial charge >= 0.3 is 5.97 Å². The number of esters is 1. The molecule has 1 N–H and O–H groups in total. The molecular formula is C13H15F2NO2. The molecule has 0 amide bonds. The topological polar surface area (TPSA) is 38.3 Å². The van der Waals surface area contributed by atoms with E-state index in [0.29, 0.717) is 5.56 Å². The van der Waals surface area contributed by atoms with Crippen molar-refractivity contribution in [3.63, 3.8) is 0 Å². The second-order valence-corrected chi connectivity index (χ2v) is 5.36. The van der Waals surface area contributed by atoms with Crippen molar-refractivity contribution in [1.82, 2.24) is 0 Å². The quantitative estimate of drug-likeness (QED) is 0.784. The summed E-state index contributed by atoms with van der Waals surface area (Å²) < 4.78 is 31.7. The van der Waals surface area contributed by atoms with Gasteiger partial charge in [-0.2, -0.15) is 0 Å². The zero-order valence-electron chi connectivity index (χ0n) is 10.5. The second-order valence-electron chi connectivity index (χ2n) is 5.36. The standard InChI is InChI=1S/C13H15F2NO2/c1-13(2,3)18-12(17)10-5-7-4-8(14)6-9(15)11(7)16-10/h4,6,10,16H,5H2,1-3H3. The van der Waals surface area contributed by atoms with Gasteiger partial charge in [-0.15, -0.1) is 0 Å². The van der Waals surface area contributed by atoms with Crippen LogP contribution in [0.1, 0.15) is 26.3 Å². The van der Waals surface area contributed by atoms with Gasteiger partial charge in [0.15, 0.2) is 0 Å². The maximum Gasteiger partial charge on any atom is 0.329 e. The summed E-state index contributed by atoms with van der Waals surface area (Å²) in [6.45, 7) is 5.27. The molecule has 0 saturated carbocycles. The highest BCUT2D eigenvalue weighted by Crippen LogP contribution is 2.30. The molecule has 1 aromatic carbocycles. The first-order chi connectivity index (χ1) is 8.26. The summed E-state index contributed by atoms with van der Waals surface area (Å²) in [6, 6.07) is 1.37. The fourth-order valence-electron chi connectivity index (χ4n) is 1.91. The highest BCUT2D eigenvalue weighted by atomic mass is 19.1. The van der Waals surface area contributed by atoms with Crippen LogP contribution in [0.5, 0.6) is 0 Å². The third-order valence-electron chi connectivity index (χ3n) is 2.57. The SMILES string of the molecule is CC(C)(C)OC(=O)C1Cc2cc(F)cc(F)c2N1. The normalized spacial score (nSPS) is 18.2. The van der Waals surface area contributed by atoms with Crippen LogP contribution in [0.2, 0.25) is 0 Å². The third kappa shape index (κ3) is 2.60. The van der Waals surface area contributed by atoms with Crippen molar-refractivity contribution in [3.8, 4) is 0 Å². The molecule has 0 saturated heterocycles. The Balaban J connectivity index is 2.15. The number of fused-ring (bicyclic) bond motifs is 1. The number of carbonyl (C=O) groups excluding carboxylic acids is 1. The van der Waals surface area contributed by atoms with Crippen molar-refractivity contribution in [2.45, 2.75) is 38.8 Å². The number of benzene rings is 1. The Morgan fingerprint density at radius 1 is 1.39 bits per heavy atom. The van der Waals surface area contributed by atoms with Gasteiger partial charge in [-0.1, -0.05) is 0 Å². The van der Waals surface area contributed by atoms with Crippen LogP contribution in [-0.2, 0) is 16.0 Å². The number of hydrogen-bond donors (Lipinski definition) is 1. The van der Waals surface area contributed by atoms with Crippen LogP contribution in [0.25, 0.3) is 0 Å². The van der Waals surface area contributed by atoms with Crippen LogP contribution in [-0.4, -0.2) is 17.6 Å². The minimum atomic E-state index is -0.684. The van der Waals surface area contributed by atoms with E-state index in [1.54, 1.807) is 20.8 Å². The first-order valence-corrected chi connectivity index (χ1v) is 5.73. The predicted octanol–water partition coefficient (Wildman–Crippen LogP) is 2.64. The first-order valence-electron chi connectivity index (χ1n) is 5.73. The van der Waals surface area contributed by atoms with Gasteiger partial charge in [-0.3, -0.25) is 0 Å². The highest BCUT2D eigenvalue weighted by Gasteiger charge is 2.32. The Bertz CT molecular complexity index is 494. The molecule has 1 atom stereocenters. The Morgan fingerprint density at radius 2 is 2.06 bits per heavy atom. The second kappa shape index (κ2) is 4.23. The molecule has 0 fully saturated rings. The lowest BCUT2D eigenvalue weighted by molar-refractivity contribution is -0.155. The summed E-state index contributed by atoms with van der Waals surface area (Å²) in [5, 5.41) is 2.74. The molecular weight excluding hydrogens is 240 g/mol. The summed E-state index contributed by atoms with van der Waals surface area (Å²) in [5.74, 6) is -1.78. The minimum absolute atomic E-state index is 0.187. The summed E-state index contributed by atoms with van der Waals surface area (Å²) in [5.41, 5.74) is 0.0489. The van der Waals surface area contributed by atoms with Crippen LogP contribution in [0.3, 0.4) is 0 Å². The molecule has 0 aliphatic carbocycles. The highest BCUT2D eigenvalue weighted by molar-refractivity contribution is 5.83. The lowest BCUT2D eigenvalue weighted by Gasteiger charge is -2.22. The smallest absolute Gasteiger partial charge is 0.329 e. The van der Waals surface area contributed by atoms with Crippen LogP contribution in [0.15, 0.2) is 12.1 Å². The monoisotopic (exact) mass is 255 g/mol. The first kappa shape index (κ1) is 12.8. The molecule has 0 bridgehead atoms. The summed E-state index contributed by atoms with van der Waals surface area (Å²) in [4.78, 5) is 11.8. The van der Waals surface area contributed by atoms with Crippen molar-refractivity contribution in [2.24, 2.45) is 0 Å². The molecule has 0 radical (unpaired) electrons. The van der Waals surface area contributed by atoms with Gasteiger partial charge in [-0.25, -0.2) is 13.6 Å². The van der Waals surface area contributed by atoms with Crippen molar-refractivity contribution < 1.29 is 18.3 Å². The summed E-state index contributed by atoms with van der Waals surface area (Å²) in [7, 11) is 0. The Hall–Kier alpha value is -1.65. The number of rotatable bonds is 1. The summed E-state index contributed by atoms with van der Waals surface area (Å²) >= 11 is 0. The molecule has 98 valence electrons. The van der Waals surface area contributed by atoms with Crippen molar-refractivity contribution in [2.75, 3.05) is 5.32 Å². The van der Waals surface area contributed by atoms with Gasteiger partial charge in [-0.05, 0) is 32.4 Å². The largest absolute Gasteiger partial charge is 0.458 e. The number of carbonyl (C=O) groups is 1. The van der Waals surface area contributed by atoms with Crippen LogP contribution in [0, 0.1) is 11.6 Å². The van der Waals surface area contributed by atoms with Gasteiger partial charge in [0.2, 0.25) is 0 Å². The van der Waals surface area contributed by atoms with E-state index in [1.165, 1.54) is 6.07 Å².